The van der Waals surface area contributed by atoms with Gasteiger partial charge in [0.15, 0.2) is 0 Å². The smallest absolute Gasteiger partial charge is 0.326 e. The fourth-order valence-corrected chi connectivity index (χ4v) is 2.89. The maximum Gasteiger partial charge on any atom is 0.326 e. The van der Waals surface area contributed by atoms with Gasteiger partial charge in [0.2, 0.25) is 0 Å². The molecule has 1 heterocycles. The maximum atomic E-state index is 12.8. The summed E-state index contributed by atoms with van der Waals surface area (Å²) < 4.78 is 12.0. The molecule has 0 bridgehead atoms. The van der Waals surface area contributed by atoms with Crippen molar-refractivity contribution in [2.45, 2.75) is 0 Å². The molecule has 1 N–H and O–H groups in total. The SMILES string of the molecule is COc1ccc(N(C)C(=O)Nc2cn(C)c(=O)c3ccccc23)c(OC)c1. The van der Waals surface area contributed by atoms with E-state index in [4.69, 9.17) is 9.47 Å². The van der Waals surface area contributed by atoms with Crippen LogP contribution in [0.4, 0.5) is 16.2 Å². The topological polar surface area (TPSA) is 72.8 Å². The highest BCUT2D eigenvalue weighted by molar-refractivity contribution is 6.07. The van der Waals surface area contributed by atoms with Crippen molar-refractivity contribution in [3.63, 3.8) is 0 Å². The Balaban J connectivity index is 1.96. The second kappa shape index (κ2) is 7.41. The van der Waals surface area contributed by atoms with Crippen LogP contribution in [0.3, 0.4) is 0 Å². The van der Waals surface area contributed by atoms with Crippen LogP contribution in [0.5, 0.6) is 11.5 Å². The van der Waals surface area contributed by atoms with E-state index in [9.17, 15) is 9.59 Å². The minimum Gasteiger partial charge on any atom is -0.497 e. The second-order valence-corrected chi connectivity index (χ2v) is 6.03. The van der Waals surface area contributed by atoms with Crippen LogP contribution in [0.2, 0.25) is 0 Å². The fourth-order valence-electron chi connectivity index (χ4n) is 2.89. The highest BCUT2D eigenvalue weighted by Gasteiger charge is 2.18. The van der Waals surface area contributed by atoms with Gasteiger partial charge in [-0.25, -0.2) is 4.79 Å². The third-order valence-electron chi connectivity index (χ3n) is 4.39. The Kier molecular flexibility index (Phi) is 5.03. The number of amides is 2. The van der Waals surface area contributed by atoms with Crippen molar-refractivity contribution in [1.82, 2.24) is 4.57 Å². The molecule has 3 aromatic rings. The number of hydrogen-bond donors (Lipinski definition) is 1. The Hall–Kier alpha value is -3.48. The summed E-state index contributed by atoms with van der Waals surface area (Å²) in [4.78, 5) is 26.5. The van der Waals surface area contributed by atoms with Gasteiger partial charge in [0.05, 0.1) is 25.6 Å². The van der Waals surface area contributed by atoms with Crippen LogP contribution in [0.15, 0.2) is 53.5 Å². The van der Waals surface area contributed by atoms with Gasteiger partial charge in [0, 0.05) is 37.1 Å². The van der Waals surface area contributed by atoms with Crippen molar-refractivity contribution in [3.05, 3.63) is 59.0 Å². The van der Waals surface area contributed by atoms with Gasteiger partial charge in [-0.05, 0) is 18.2 Å². The molecule has 0 saturated carbocycles. The summed E-state index contributed by atoms with van der Waals surface area (Å²) in [5, 5.41) is 4.10. The largest absolute Gasteiger partial charge is 0.497 e. The second-order valence-electron chi connectivity index (χ2n) is 6.03. The summed E-state index contributed by atoms with van der Waals surface area (Å²) in [6, 6.07) is 12.0. The van der Waals surface area contributed by atoms with Gasteiger partial charge in [-0.15, -0.1) is 0 Å². The van der Waals surface area contributed by atoms with E-state index < -0.39 is 0 Å². The summed E-state index contributed by atoms with van der Waals surface area (Å²) in [7, 11) is 6.39. The molecule has 0 spiro atoms. The normalized spacial score (nSPS) is 10.5. The number of aromatic nitrogens is 1. The van der Waals surface area contributed by atoms with Crippen LogP contribution in [-0.2, 0) is 7.05 Å². The molecule has 27 heavy (non-hydrogen) atoms. The molecular formula is C20H21N3O4. The molecule has 0 fully saturated rings. The van der Waals surface area contributed by atoms with E-state index in [1.807, 2.05) is 6.07 Å². The van der Waals surface area contributed by atoms with Gasteiger partial charge < -0.3 is 19.4 Å². The predicted octanol–water partition coefficient (Wildman–Crippen LogP) is 3.22. The van der Waals surface area contributed by atoms with Crippen molar-refractivity contribution in [3.8, 4) is 11.5 Å². The number of carbonyl (C=O) groups excluding carboxylic acids is 1. The zero-order chi connectivity index (χ0) is 19.6. The summed E-state index contributed by atoms with van der Waals surface area (Å²) in [6.07, 6.45) is 1.61. The maximum absolute atomic E-state index is 12.8. The lowest BCUT2D eigenvalue weighted by atomic mass is 10.1. The number of carbonyl (C=O) groups is 1. The van der Waals surface area contributed by atoms with Crippen LogP contribution < -0.4 is 25.2 Å². The molecule has 0 radical (unpaired) electrons. The van der Waals surface area contributed by atoms with Crippen molar-refractivity contribution in [2.75, 3.05) is 31.5 Å². The quantitative estimate of drug-likeness (QED) is 0.768. The average Bonchev–Trinajstić information content (AvgIpc) is 2.70. The summed E-state index contributed by atoms with van der Waals surface area (Å²) in [6.45, 7) is 0. The molecular weight excluding hydrogens is 346 g/mol. The molecule has 7 heteroatoms. The number of rotatable bonds is 4. The van der Waals surface area contributed by atoms with Crippen LogP contribution in [0.1, 0.15) is 0 Å². The van der Waals surface area contributed by atoms with E-state index >= 15 is 0 Å². The highest BCUT2D eigenvalue weighted by atomic mass is 16.5. The number of nitrogens with zero attached hydrogens (tertiary/aromatic N) is 2. The van der Waals surface area contributed by atoms with Crippen LogP contribution >= 0.6 is 0 Å². The molecule has 3 rings (SSSR count). The van der Waals surface area contributed by atoms with E-state index in [0.29, 0.717) is 33.6 Å². The summed E-state index contributed by atoms with van der Waals surface area (Å²) in [5.74, 6) is 1.14. The summed E-state index contributed by atoms with van der Waals surface area (Å²) >= 11 is 0. The number of nitrogens with one attached hydrogen (secondary N) is 1. The first kappa shape index (κ1) is 18.3. The van der Waals surface area contributed by atoms with Crippen LogP contribution in [0, 0.1) is 0 Å². The van der Waals surface area contributed by atoms with E-state index in [1.54, 1.807) is 63.8 Å². The van der Waals surface area contributed by atoms with Gasteiger partial charge in [0.1, 0.15) is 11.5 Å². The van der Waals surface area contributed by atoms with Gasteiger partial charge in [0.25, 0.3) is 5.56 Å². The average molecular weight is 367 g/mol. The first-order valence-electron chi connectivity index (χ1n) is 8.31. The molecule has 2 amide bonds. The summed E-state index contributed by atoms with van der Waals surface area (Å²) in [5.41, 5.74) is 1.02. The molecule has 0 saturated heterocycles. The molecule has 0 aliphatic carbocycles. The Morgan fingerprint density at radius 1 is 1.07 bits per heavy atom. The van der Waals surface area contributed by atoms with Crippen molar-refractivity contribution < 1.29 is 14.3 Å². The van der Waals surface area contributed by atoms with E-state index in [1.165, 1.54) is 16.6 Å². The number of urea groups is 1. The number of methoxy groups -OCH3 is 2. The predicted molar refractivity (Wildman–Crippen MR) is 106 cm³/mol. The lowest BCUT2D eigenvalue weighted by Gasteiger charge is -2.21. The molecule has 0 atom stereocenters. The molecule has 2 aromatic carbocycles. The first-order chi connectivity index (χ1) is 13.0. The van der Waals surface area contributed by atoms with Gasteiger partial charge >= 0.3 is 6.03 Å². The highest BCUT2D eigenvalue weighted by Crippen LogP contribution is 2.32. The van der Waals surface area contributed by atoms with E-state index in [0.717, 1.165) is 0 Å². The Morgan fingerprint density at radius 2 is 1.78 bits per heavy atom. The zero-order valence-corrected chi connectivity index (χ0v) is 15.6. The standard InChI is InChI=1S/C20H21N3O4/c1-22-12-16(14-7-5-6-8-15(14)19(22)24)21-20(25)23(2)17-10-9-13(26-3)11-18(17)27-4/h5-12H,1-4H3,(H,21,25). The minimum absolute atomic E-state index is 0.117. The Bertz CT molecular complexity index is 1060. The Morgan fingerprint density at radius 3 is 2.44 bits per heavy atom. The number of aryl methyl sites for hydroxylation is 1. The van der Waals surface area contributed by atoms with Crippen LogP contribution in [-0.4, -0.2) is 31.9 Å². The number of anilines is 2. The monoisotopic (exact) mass is 367 g/mol. The van der Waals surface area contributed by atoms with E-state index in [2.05, 4.69) is 5.32 Å². The minimum atomic E-state index is -0.359. The van der Waals surface area contributed by atoms with Crippen molar-refractivity contribution in [2.24, 2.45) is 7.05 Å². The fraction of sp³-hybridized carbons (Fsp3) is 0.200. The molecule has 140 valence electrons. The number of pyridine rings is 1. The van der Waals surface area contributed by atoms with Gasteiger partial charge in [-0.1, -0.05) is 18.2 Å². The number of ether oxygens (including phenoxy) is 2. The van der Waals surface area contributed by atoms with Gasteiger partial charge in [-0.3, -0.25) is 9.69 Å². The Labute approximate surface area is 156 Å². The first-order valence-corrected chi connectivity index (χ1v) is 8.31. The van der Waals surface area contributed by atoms with Crippen LogP contribution in [0.25, 0.3) is 10.8 Å². The van der Waals surface area contributed by atoms with Crippen molar-refractivity contribution in [1.29, 1.82) is 0 Å². The molecule has 0 aliphatic heterocycles. The number of hydrogen-bond acceptors (Lipinski definition) is 4. The molecule has 7 nitrogen and oxygen atoms in total. The number of fused-ring (bicyclic) bond motifs is 1. The van der Waals surface area contributed by atoms with Crippen molar-refractivity contribution >= 4 is 28.2 Å². The third kappa shape index (κ3) is 3.44. The lowest BCUT2D eigenvalue weighted by molar-refractivity contribution is 0.258. The molecule has 0 aliphatic rings. The zero-order valence-electron chi connectivity index (χ0n) is 15.6. The van der Waals surface area contributed by atoms with Gasteiger partial charge in [-0.2, -0.15) is 0 Å². The lowest BCUT2D eigenvalue weighted by Crippen LogP contribution is -2.32. The molecule has 1 aromatic heterocycles. The van der Waals surface area contributed by atoms with E-state index in [-0.39, 0.29) is 11.6 Å². The third-order valence-corrected chi connectivity index (χ3v) is 4.39. The molecule has 0 unspecified atom stereocenters. The number of benzene rings is 2.